The molecule has 1 saturated heterocycles. The van der Waals surface area contributed by atoms with E-state index in [4.69, 9.17) is 5.11 Å². The van der Waals surface area contributed by atoms with Crippen LogP contribution in [-0.2, 0) is 9.59 Å². The largest absolute Gasteiger partial charge is 0.480 e. The molecule has 1 rings (SSSR count). The summed E-state index contributed by atoms with van der Waals surface area (Å²) >= 11 is 1.68. The Labute approximate surface area is 113 Å². The zero-order valence-electron chi connectivity index (χ0n) is 11.1. The summed E-state index contributed by atoms with van der Waals surface area (Å²) in [4.78, 5) is 26.6. The van der Waals surface area contributed by atoms with Crippen molar-refractivity contribution in [1.29, 1.82) is 0 Å². The van der Waals surface area contributed by atoms with E-state index in [9.17, 15) is 9.59 Å². The first-order valence-corrected chi connectivity index (χ1v) is 7.66. The average molecular weight is 274 g/mol. The lowest BCUT2D eigenvalue weighted by molar-refractivity contribution is -0.138. The summed E-state index contributed by atoms with van der Waals surface area (Å²) in [7, 11) is 0. The Morgan fingerprint density at radius 1 is 1.28 bits per heavy atom. The number of carboxylic acid groups (broad SMARTS) is 1. The highest BCUT2D eigenvalue weighted by Gasteiger charge is 2.23. The SMILES string of the molecule is CSCC(C)C(=O)N1CCCN(CC(=O)O)CC1. The Balaban J connectivity index is 2.46. The van der Waals surface area contributed by atoms with Crippen LogP contribution in [0.1, 0.15) is 13.3 Å². The number of amides is 1. The second kappa shape index (κ2) is 7.63. The Morgan fingerprint density at radius 3 is 2.61 bits per heavy atom. The molecule has 1 atom stereocenters. The van der Waals surface area contributed by atoms with E-state index < -0.39 is 5.97 Å². The predicted molar refractivity (Wildman–Crippen MR) is 72.8 cm³/mol. The summed E-state index contributed by atoms with van der Waals surface area (Å²) in [6.07, 6.45) is 2.85. The molecule has 1 N–H and O–H groups in total. The molecular weight excluding hydrogens is 252 g/mol. The molecule has 1 unspecified atom stereocenters. The van der Waals surface area contributed by atoms with Gasteiger partial charge in [0.05, 0.1) is 6.54 Å². The number of nitrogens with zero attached hydrogens (tertiary/aromatic N) is 2. The molecule has 0 aromatic heterocycles. The summed E-state index contributed by atoms with van der Waals surface area (Å²) in [5.74, 6) is 0.284. The molecule has 18 heavy (non-hydrogen) atoms. The molecule has 1 fully saturated rings. The Hall–Kier alpha value is -0.750. The van der Waals surface area contributed by atoms with E-state index in [0.717, 1.165) is 25.3 Å². The number of rotatable bonds is 5. The maximum absolute atomic E-state index is 12.1. The van der Waals surface area contributed by atoms with Crippen molar-refractivity contribution in [3.8, 4) is 0 Å². The van der Waals surface area contributed by atoms with E-state index in [-0.39, 0.29) is 18.4 Å². The molecule has 104 valence electrons. The molecule has 1 aliphatic heterocycles. The summed E-state index contributed by atoms with van der Waals surface area (Å²) in [6, 6.07) is 0. The van der Waals surface area contributed by atoms with Crippen molar-refractivity contribution in [2.24, 2.45) is 5.92 Å². The van der Waals surface area contributed by atoms with Gasteiger partial charge < -0.3 is 10.0 Å². The first kappa shape index (κ1) is 15.3. The van der Waals surface area contributed by atoms with Gasteiger partial charge in [0.1, 0.15) is 0 Å². The van der Waals surface area contributed by atoms with Gasteiger partial charge in [-0.3, -0.25) is 14.5 Å². The molecule has 0 radical (unpaired) electrons. The quantitative estimate of drug-likeness (QED) is 0.796. The van der Waals surface area contributed by atoms with Gasteiger partial charge in [0.2, 0.25) is 5.91 Å². The van der Waals surface area contributed by atoms with E-state index in [1.54, 1.807) is 11.8 Å². The summed E-state index contributed by atoms with van der Waals surface area (Å²) in [5.41, 5.74) is 0. The molecule has 1 amide bonds. The van der Waals surface area contributed by atoms with Crippen LogP contribution in [0.5, 0.6) is 0 Å². The van der Waals surface area contributed by atoms with Crippen LogP contribution in [-0.4, -0.2) is 71.5 Å². The Bertz CT molecular complexity index is 299. The van der Waals surface area contributed by atoms with Gasteiger partial charge in [-0.05, 0) is 12.7 Å². The number of thioether (sulfide) groups is 1. The van der Waals surface area contributed by atoms with Gasteiger partial charge in [-0.2, -0.15) is 11.8 Å². The minimum Gasteiger partial charge on any atom is -0.480 e. The monoisotopic (exact) mass is 274 g/mol. The van der Waals surface area contributed by atoms with Crippen molar-refractivity contribution >= 4 is 23.6 Å². The molecule has 0 saturated carbocycles. The number of carboxylic acids is 1. The fraction of sp³-hybridized carbons (Fsp3) is 0.833. The predicted octanol–water partition coefficient (Wildman–Crippen LogP) is 0.604. The maximum Gasteiger partial charge on any atom is 0.317 e. The molecule has 5 nitrogen and oxygen atoms in total. The standard InChI is InChI=1S/C12H22N2O3S/c1-10(9-18-2)12(17)14-5-3-4-13(6-7-14)8-11(15)16/h10H,3-9H2,1-2H3,(H,15,16). The van der Waals surface area contributed by atoms with E-state index in [0.29, 0.717) is 13.1 Å². The van der Waals surface area contributed by atoms with E-state index in [2.05, 4.69) is 0 Å². The molecule has 1 heterocycles. The highest BCUT2D eigenvalue weighted by Crippen LogP contribution is 2.11. The molecule has 0 aromatic rings. The smallest absolute Gasteiger partial charge is 0.317 e. The van der Waals surface area contributed by atoms with Gasteiger partial charge in [-0.25, -0.2) is 0 Å². The fourth-order valence-corrected chi connectivity index (χ4v) is 2.82. The van der Waals surface area contributed by atoms with Crippen molar-refractivity contribution in [2.75, 3.05) is 44.7 Å². The van der Waals surface area contributed by atoms with Gasteiger partial charge >= 0.3 is 5.97 Å². The molecule has 0 spiro atoms. The van der Waals surface area contributed by atoms with Gasteiger partial charge in [0.15, 0.2) is 0 Å². The fourth-order valence-electron chi connectivity index (χ4n) is 2.17. The lowest BCUT2D eigenvalue weighted by atomic mass is 10.2. The third kappa shape index (κ3) is 4.86. The average Bonchev–Trinajstić information content (AvgIpc) is 2.53. The number of carbonyl (C=O) groups excluding carboxylic acids is 1. The van der Waals surface area contributed by atoms with Crippen LogP contribution in [0.2, 0.25) is 0 Å². The van der Waals surface area contributed by atoms with Crippen LogP contribution in [0.4, 0.5) is 0 Å². The maximum atomic E-state index is 12.1. The van der Waals surface area contributed by atoms with E-state index in [1.165, 1.54) is 0 Å². The summed E-state index contributed by atoms with van der Waals surface area (Å²) < 4.78 is 0. The van der Waals surface area contributed by atoms with Crippen LogP contribution in [0.15, 0.2) is 0 Å². The lowest BCUT2D eigenvalue weighted by Crippen LogP contribution is -2.39. The second-order valence-corrected chi connectivity index (χ2v) is 5.62. The molecule has 1 aliphatic rings. The van der Waals surface area contributed by atoms with Crippen molar-refractivity contribution < 1.29 is 14.7 Å². The van der Waals surface area contributed by atoms with Crippen molar-refractivity contribution in [1.82, 2.24) is 9.80 Å². The normalized spacial score (nSPS) is 19.3. The van der Waals surface area contributed by atoms with Crippen LogP contribution in [0.3, 0.4) is 0 Å². The molecule has 0 aliphatic carbocycles. The third-order valence-electron chi connectivity index (χ3n) is 3.10. The number of hydrogen-bond acceptors (Lipinski definition) is 4. The van der Waals surface area contributed by atoms with Crippen molar-refractivity contribution in [3.63, 3.8) is 0 Å². The van der Waals surface area contributed by atoms with Gasteiger partial charge in [-0.1, -0.05) is 6.92 Å². The third-order valence-corrected chi connectivity index (χ3v) is 3.93. The van der Waals surface area contributed by atoms with E-state index >= 15 is 0 Å². The first-order chi connectivity index (χ1) is 8.54. The van der Waals surface area contributed by atoms with E-state index in [1.807, 2.05) is 23.0 Å². The zero-order valence-corrected chi connectivity index (χ0v) is 11.9. The second-order valence-electron chi connectivity index (χ2n) is 4.71. The highest BCUT2D eigenvalue weighted by atomic mass is 32.2. The van der Waals surface area contributed by atoms with Crippen molar-refractivity contribution in [2.45, 2.75) is 13.3 Å². The molecule has 0 aromatic carbocycles. The number of carbonyl (C=O) groups is 2. The molecule has 6 heteroatoms. The van der Waals surface area contributed by atoms with Crippen LogP contribution < -0.4 is 0 Å². The molecule has 0 bridgehead atoms. The van der Waals surface area contributed by atoms with Crippen molar-refractivity contribution in [3.05, 3.63) is 0 Å². The van der Waals surface area contributed by atoms with Gasteiger partial charge in [0.25, 0.3) is 0 Å². The summed E-state index contributed by atoms with van der Waals surface area (Å²) in [5, 5.41) is 8.77. The first-order valence-electron chi connectivity index (χ1n) is 6.26. The van der Waals surface area contributed by atoms with Gasteiger partial charge in [-0.15, -0.1) is 0 Å². The van der Waals surface area contributed by atoms with Crippen LogP contribution >= 0.6 is 11.8 Å². The Kier molecular flexibility index (Phi) is 6.49. The van der Waals surface area contributed by atoms with Gasteiger partial charge in [0, 0.05) is 37.8 Å². The minimum atomic E-state index is -0.800. The van der Waals surface area contributed by atoms with Crippen LogP contribution in [0, 0.1) is 5.92 Å². The number of aliphatic carboxylic acids is 1. The minimum absolute atomic E-state index is 0.0472. The highest BCUT2D eigenvalue weighted by molar-refractivity contribution is 7.98. The Morgan fingerprint density at radius 2 is 2.00 bits per heavy atom. The zero-order chi connectivity index (χ0) is 13.5. The number of hydrogen-bond donors (Lipinski definition) is 1. The van der Waals surface area contributed by atoms with Crippen LogP contribution in [0.25, 0.3) is 0 Å². The topological polar surface area (TPSA) is 60.9 Å². The molecular formula is C12H22N2O3S. The summed E-state index contributed by atoms with van der Waals surface area (Å²) in [6.45, 7) is 4.83. The lowest BCUT2D eigenvalue weighted by Gasteiger charge is -2.24.